The lowest BCUT2D eigenvalue weighted by Crippen LogP contribution is -2.35. The molecule has 0 spiro atoms. The third-order valence-corrected chi connectivity index (χ3v) is 3.60. The minimum absolute atomic E-state index is 0.157. The number of carbonyl (C=O) groups excluding carboxylic acids is 1. The van der Waals surface area contributed by atoms with Crippen molar-refractivity contribution in [3.05, 3.63) is 58.6 Å². The van der Waals surface area contributed by atoms with Gasteiger partial charge in [0.2, 0.25) is 0 Å². The summed E-state index contributed by atoms with van der Waals surface area (Å²) in [7, 11) is 1.62. The molecule has 1 N–H and O–H groups in total. The Morgan fingerprint density at radius 1 is 1.18 bits per heavy atom. The molecule has 22 heavy (non-hydrogen) atoms. The van der Waals surface area contributed by atoms with E-state index in [2.05, 4.69) is 21.2 Å². The predicted molar refractivity (Wildman–Crippen MR) is 89.1 cm³/mol. The lowest BCUT2D eigenvalue weighted by molar-refractivity contribution is -0.127. The molecule has 1 amide bonds. The molecule has 0 aliphatic rings. The number of amides is 1. The Morgan fingerprint density at radius 3 is 2.55 bits per heavy atom. The number of halogens is 1. The van der Waals surface area contributed by atoms with Crippen molar-refractivity contribution >= 4 is 21.8 Å². The fourth-order valence-corrected chi connectivity index (χ4v) is 2.25. The van der Waals surface area contributed by atoms with E-state index in [1.165, 1.54) is 0 Å². The molecule has 0 heterocycles. The SMILES string of the molecule is COc1ccc(CNC(=O)C(C)Oc2cccc(Br)c2)cc1. The van der Waals surface area contributed by atoms with E-state index in [1.54, 1.807) is 14.0 Å². The van der Waals surface area contributed by atoms with Gasteiger partial charge in [0.15, 0.2) is 6.10 Å². The first-order valence-corrected chi connectivity index (χ1v) is 7.70. The minimum Gasteiger partial charge on any atom is -0.497 e. The van der Waals surface area contributed by atoms with Gasteiger partial charge in [-0.05, 0) is 42.8 Å². The van der Waals surface area contributed by atoms with E-state index in [4.69, 9.17) is 9.47 Å². The summed E-state index contributed by atoms with van der Waals surface area (Å²) in [5.74, 6) is 1.29. The summed E-state index contributed by atoms with van der Waals surface area (Å²) in [6.07, 6.45) is -0.562. The number of hydrogen-bond donors (Lipinski definition) is 1. The fraction of sp³-hybridized carbons (Fsp3) is 0.235. The summed E-state index contributed by atoms with van der Waals surface area (Å²) < 4.78 is 11.6. The molecule has 0 radical (unpaired) electrons. The standard InChI is InChI=1S/C17H18BrNO3/c1-12(22-16-5-3-4-14(18)10-16)17(20)19-11-13-6-8-15(21-2)9-7-13/h3-10,12H,11H2,1-2H3,(H,19,20). The largest absolute Gasteiger partial charge is 0.497 e. The smallest absolute Gasteiger partial charge is 0.261 e. The van der Waals surface area contributed by atoms with Crippen LogP contribution < -0.4 is 14.8 Å². The Balaban J connectivity index is 1.85. The maximum atomic E-state index is 12.1. The third-order valence-electron chi connectivity index (χ3n) is 3.10. The number of benzene rings is 2. The highest BCUT2D eigenvalue weighted by molar-refractivity contribution is 9.10. The lowest BCUT2D eigenvalue weighted by Gasteiger charge is -2.15. The molecule has 2 aromatic carbocycles. The van der Waals surface area contributed by atoms with Crippen LogP contribution in [0.4, 0.5) is 0 Å². The van der Waals surface area contributed by atoms with E-state index in [-0.39, 0.29) is 5.91 Å². The lowest BCUT2D eigenvalue weighted by atomic mass is 10.2. The first kappa shape index (κ1) is 16.4. The van der Waals surface area contributed by atoms with Gasteiger partial charge in [0.25, 0.3) is 5.91 Å². The second-order valence-corrected chi connectivity index (χ2v) is 5.70. The molecule has 0 fully saturated rings. The van der Waals surface area contributed by atoms with Gasteiger partial charge in [-0.3, -0.25) is 4.79 Å². The summed E-state index contributed by atoms with van der Waals surface area (Å²) in [6, 6.07) is 15.0. The van der Waals surface area contributed by atoms with Crippen LogP contribution in [0.2, 0.25) is 0 Å². The zero-order valence-corrected chi connectivity index (χ0v) is 14.1. The maximum Gasteiger partial charge on any atom is 0.261 e. The molecular weight excluding hydrogens is 346 g/mol. The molecule has 0 aromatic heterocycles. The Morgan fingerprint density at radius 2 is 1.91 bits per heavy atom. The van der Waals surface area contributed by atoms with Crippen LogP contribution in [0.3, 0.4) is 0 Å². The predicted octanol–water partition coefficient (Wildman–Crippen LogP) is 3.54. The summed E-state index contributed by atoms with van der Waals surface area (Å²) in [6.45, 7) is 2.18. The van der Waals surface area contributed by atoms with Crippen molar-refractivity contribution in [3.63, 3.8) is 0 Å². The summed E-state index contributed by atoms with van der Waals surface area (Å²) in [5, 5.41) is 2.85. The Labute approximate surface area is 138 Å². The molecule has 0 bridgehead atoms. The van der Waals surface area contributed by atoms with Gasteiger partial charge in [-0.2, -0.15) is 0 Å². The number of methoxy groups -OCH3 is 1. The quantitative estimate of drug-likeness (QED) is 0.853. The number of nitrogens with one attached hydrogen (secondary N) is 1. The van der Waals surface area contributed by atoms with Crippen LogP contribution in [0, 0.1) is 0 Å². The average Bonchev–Trinajstić information content (AvgIpc) is 2.53. The van der Waals surface area contributed by atoms with Gasteiger partial charge in [-0.15, -0.1) is 0 Å². The van der Waals surface area contributed by atoms with Crippen LogP contribution in [0.25, 0.3) is 0 Å². The van der Waals surface area contributed by atoms with Gasteiger partial charge < -0.3 is 14.8 Å². The summed E-state index contributed by atoms with van der Waals surface area (Å²) in [5.41, 5.74) is 1.00. The van der Waals surface area contributed by atoms with Crippen molar-refractivity contribution in [2.75, 3.05) is 7.11 Å². The highest BCUT2D eigenvalue weighted by Gasteiger charge is 2.14. The van der Waals surface area contributed by atoms with Gasteiger partial charge >= 0.3 is 0 Å². The fourth-order valence-electron chi connectivity index (χ4n) is 1.87. The van der Waals surface area contributed by atoms with E-state index in [0.717, 1.165) is 15.8 Å². The van der Waals surface area contributed by atoms with Crippen LogP contribution in [0.5, 0.6) is 11.5 Å². The molecule has 116 valence electrons. The number of ether oxygens (including phenoxy) is 2. The normalized spacial score (nSPS) is 11.6. The Bertz CT molecular complexity index is 628. The second-order valence-electron chi connectivity index (χ2n) is 4.78. The van der Waals surface area contributed by atoms with Gasteiger partial charge in [0.05, 0.1) is 7.11 Å². The first-order valence-electron chi connectivity index (χ1n) is 6.91. The summed E-state index contributed by atoms with van der Waals surface area (Å²) >= 11 is 3.37. The number of hydrogen-bond acceptors (Lipinski definition) is 3. The first-order chi connectivity index (χ1) is 10.6. The van der Waals surface area contributed by atoms with E-state index < -0.39 is 6.10 Å². The number of rotatable bonds is 6. The van der Waals surface area contributed by atoms with Crippen LogP contribution in [0.15, 0.2) is 53.0 Å². The van der Waals surface area contributed by atoms with Crippen molar-refractivity contribution in [3.8, 4) is 11.5 Å². The molecule has 2 aromatic rings. The van der Waals surface area contributed by atoms with Crippen LogP contribution in [-0.2, 0) is 11.3 Å². The van der Waals surface area contributed by atoms with Gasteiger partial charge in [0.1, 0.15) is 11.5 Å². The minimum atomic E-state index is -0.562. The zero-order chi connectivity index (χ0) is 15.9. The molecular formula is C17H18BrNO3. The van der Waals surface area contributed by atoms with Crippen molar-refractivity contribution < 1.29 is 14.3 Å². The Hall–Kier alpha value is -2.01. The molecule has 0 aliphatic heterocycles. The van der Waals surface area contributed by atoms with Crippen LogP contribution in [-0.4, -0.2) is 19.1 Å². The van der Waals surface area contributed by atoms with Crippen LogP contribution in [0.1, 0.15) is 12.5 Å². The molecule has 1 atom stereocenters. The van der Waals surface area contributed by atoms with Gasteiger partial charge in [0, 0.05) is 11.0 Å². The summed E-state index contributed by atoms with van der Waals surface area (Å²) in [4.78, 5) is 12.1. The molecule has 2 rings (SSSR count). The van der Waals surface area contributed by atoms with E-state index in [9.17, 15) is 4.79 Å². The van der Waals surface area contributed by atoms with Gasteiger partial charge in [-0.1, -0.05) is 34.1 Å². The highest BCUT2D eigenvalue weighted by atomic mass is 79.9. The third kappa shape index (κ3) is 4.77. The van der Waals surface area contributed by atoms with Crippen molar-refractivity contribution in [1.29, 1.82) is 0 Å². The molecule has 0 aliphatic carbocycles. The monoisotopic (exact) mass is 363 g/mol. The molecule has 4 nitrogen and oxygen atoms in total. The zero-order valence-electron chi connectivity index (χ0n) is 12.5. The van der Waals surface area contributed by atoms with Crippen molar-refractivity contribution in [2.45, 2.75) is 19.6 Å². The number of carbonyl (C=O) groups is 1. The molecule has 1 unspecified atom stereocenters. The Kier molecular flexibility index (Phi) is 5.83. The topological polar surface area (TPSA) is 47.6 Å². The molecule has 0 saturated carbocycles. The van der Waals surface area contributed by atoms with Crippen molar-refractivity contribution in [2.24, 2.45) is 0 Å². The highest BCUT2D eigenvalue weighted by Crippen LogP contribution is 2.19. The van der Waals surface area contributed by atoms with Gasteiger partial charge in [-0.25, -0.2) is 0 Å². The van der Waals surface area contributed by atoms with E-state index in [0.29, 0.717) is 12.3 Å². The average molecular weight is 364 g/mol. The van der Waals surface area contributed by atoms with Crippen LogP contribution >= 0.6 is 15.9 Å². The molecule has 0 saturated heterocycles. The van der Waals surface area contributed by atoms with Crippen molar-refractivity contribution in [1.82, 2.24) is 5.32 Å². The second kappa shape index (κ2) is 7.84. The van der Waals surface area contributed by atoms with E-state index >= 15 is 0 Å². The molecule has 5 heteroatoms. The van der Waals surface area contributed by atoms with E-state index in [1.807, 2.05) is 48.5 Å². The maximum absolute atomic E-state index is 12.1.